The Kier molecular flexibility index (Phi) is 6.31. The Labute approximate surface area is 168 Å². The molecule has 0 aromatic heterocycles. The number of amides is 1. The summed E-state index contributed by atoms with van der Waals surface area (Å²) in [5.74, 6) is -0.126. The molecular formula is C19H21IN2O3S. The summed E-state index contributed by atoms with van der Waals surface area (Å²) in [6.45, 7) is 1.17. The van der Waals surface area contributed by atoms with Gasteiger partial charge in [-0.25, -0.2) is 8.42 Å². The molecule has 5 nitrogen and oxygen atoms in total. The second-order valence-corrected chi connectivity index (χ2v) is 9.53. The average molecular weight is 484 g/mol. The SMILES string of the molecule is O=C(Cc1ccc(S(=O)(=O)N2CCCCC2)cc1)Nc1cccc(I)c1. The number of piperidine rings is 1. The van der Waals surface area contributed by atoms with Gasteiger partial charge in [0.25, 0.3) is 0 Å². The van der Waals surface area contributed by atoms with E-state index in [9.17, 15) is 13.2 Å². The molecule has 0 saturated carbocycles. The third kappa shape index (κ3) is 4.83. The van der Waals surface area contributed by atoms with Crippen molar-refractivity contribution in [3.63, 3.8) is 0 Å². The first kappa shape index (κ1) is 19.3. The van der Waals surface area contributed by atoms with Gasteiger partial charge in [0.1, 0.15) is 0 Å². The first-order valence-electron chi connectivity index (χ1n) is 8.60. The highest BCUT2D eigenvalue weighted by Crippen LogP contribution is 2.21. The van der Waals surface area contributed by atoms with Crippen LogP contribution in [0.2, 0.25) is 0 Å². The number of hydrogen-bond acceptors (Lipinski definition) is 3. The van der Waals surface area contributed by atoms with Crippen LogP contribution in [0.25, 0.3) is 0 Å². The molecule has 1 aliphatic heterocycles. The third-order valence-electron chi connectivity index (χ3n) is 4.35. The number of rotatable bonds is 5. The second kappa shape index (κ2) is 8.49. The molecule has 26 heavy (non-hydrogen) atoms. The molecule has 0 bridgehead atoms. The maximum absolute atomic E-state index is 12.6. The third-order valence-corrected chi connectivity index (χ3v) is 6.93. The van der Waals surface area contributed by atoms with E-state index in [4.69, 9.17) is 0 Å². The van der Waals surface area contributed by atoms with Gasteiger partial charge in [-0.05, 0) is 71.3 Å². The van der Waals surface area contributed by atoms with Crippen molar-refractivity contribution < 1.29 is 13.2 Å². The molecule has 1 aliphatic rings. The summed E-state index contributed by atoms with van der Waals surface area (Å²) in [7, 11) is -3.43. The lowest BCUT2D eigenvalue weighted by Crippen LogP contribution is -2.35. The number of nitrogens with one attached hydrogen (secondary N) is 1. The van der Waals surface area contributed by atoms with Crippen LogP contribution in [0, 0.1) is 3.57 Å². The molecule has 1 saturated heterocycles. The van der Waals surface area contributed by atoms with E-state index in [1.807, 2.05) is 24.3 Å². The van der Waals surface area contributed by atoms with Crippen LogP contribution in [0.5, 0.6) is 0 Å². The number of anilines is 1. The molecule has 0 atom stereocenters. The monoisotopic (exact) mass is 484 g/mol. The summed E-state index contributed by atoms with van der Waals surface area (Å²) < 4.78 is 27.9. The Balaban J connectivity index is 1.64. The predicted octanol–water partition coefficient (Wildman–Crippen LogP) is 3.65. The molecule has 1 N–H and O–H groups in total. The molecule has 138 valence electrons. The highest BCUT2D eigenvalue weighted by molar-refractivity contribution is 14.1. The van der Waals surface area contributed by atoms with Crippen molar-refractivity contribution in [1.82, 2.24) is 4.31 Å². The quantitative estimate of drug-likeness (QED) is 0.660. The maximum atomic E-state index is 12.6. The minimum Gasteiger partial charge on any atom is -0.326 e. The van der Waals surface area contributed by atoms with Crippen molar-refractivity contribution in [3.05, 3.63) is 57.7 Å². The lowest BCUT2D eigenvalue weighted by atomic mass is 10.1. The largest absolute Gasteiger partial charge is 0.326 e. The van der Waals surface area contributed by atoms with Crippen molar-refractivity contribution in [2.24, 2.45) is 0 Å². The smallest absolute Gasteiger partial charge is 0.243 e. The van der Waals surface area contributed by atoms with E-state index in [1.165, 1.54) is 0 Å². The summed E-state index contributed by atoms with van der Waals surface area (Å²) in [6.07, 6.45) is 3.11. The van der Waals surface area contributed by atoms with Crippen LogP contribution in [0.1, 0.15) is 24.8 Å². The zero-order chi connectivity index (χ0) is 18.6. The minimum atomic E-state index is -3.43. The second-order valence-electron chi connectivity index (χ2n) is 6.34. The first-order valence-corrected chi connectivity index (χ1v) is 11.1. The number of nitrogens with zero attached hydrogens (tertiary/aromatic N) is 1. The van der Waals surface area contributed by atoms with Crippen molar-refractivity contribution >= 4 is 44.2 Å². The summed E-state index contributed by atoms with van der Waals surface area (Å²) in [5.41, 5.74) is 1.54. The van der Waals surface area contributed by atoms with Gasteiger partial charge >= 0.3 is 0 Å². The minimum absolute atomic E-state index is 0.126. The van der Waals surface area contributed by atoms with Gasteiger partial charge in [0, 0.05) is 22.3 Å². The fraction of sp³-hybridized carbons (Fsp3) is 0.316. The van der Waals surface area contributed by atoms with E-state index in [2.05, 4.69) is 27.9 Å². The average Bonchev–Trinajstić information content (AvgIpc) is 2.63. The first-order chi connectivity index (χ1) is 12.4. The normalized spacial score (nSPS) is 15.6. The van der Waals surface area contributed by atoms with Gasteiger partial charge in [-0.2, -0.15) is 4.31 Å². The molecule has 1 heterocycles. The number of benzene rings is 2. The van der Waals surface area contributed by atoms with Gasteiger partial charge in [-0.3, -0.25) is 4.79 Å². The van der Waals surface area contributed by atoms with Gasteiger partial charge in [0.2, 0.25) is 15.9 Å². The standard InChI is InChI=1S/C19H21IN2O3S/c20-16-5-4-6-17(14-16)21-19(23)13-15-7-9-18(10-8-15)26(24,25)22-11-2-1-3-12-22/h4-10,14H,1-3,11-13H2,(H,21,23). The van der Waals surface area contributed by atoms with Crippen LogP contribution in [-0.2, 0) is 21.2 Å². The summed E-state index contributed by atoms with van der Waals surface area (Å²) in [4.78, 5) is 12.5. The summed E-state index contributed by atoms with van der Waals surface area (Å²) in [6, 6.07) is 14.2. The lowest BCUT2D eigenvalue weighted by molar-refractivity contribution is -0.115. The van der Waals surface area contributed by atoms with E-state index in [0.29, 0.717) is 18.0 Å². The van der Waals surface area contributed by atoms with Crippen LogP contribution < -0.4 is 5.32 Å². The predicted molar refractivity (Wildman–Crippen MR) is 111 cm³/mol. The van der Waals surface area contributed by atoms with E-state index < -0.39 is 10.0 Å². The Hall–Kier alpha value is -1.45. The summed E-state index contributed by atoms with van der Waals surface area (Å²) in [5, 5.41) is 2.86. The van der Waals surface area contributed by atoms with Crippen molar-refractivity contribution in [3.8, 4) is 0 Å². The van der Waals surface area contributed by atoms with E-state index >= 15 is 0 Å². The van der Waals surface area contributed by atoms with Crippen LogP contribution in [0.4, 0.5) is 5.69 Å². The summed E-state index contributed by atoms with van der Waals surface area (Å²) >= 11 is 2.19. The van der Waals surface area contributed by atoms with Crippen LogP contribution >= 0.6 is 22.6 Å². The van der Waals surface area contributed by atoms with Crippen LogP contribution in [0.3, 0.4) is 0 Å². The zero-order valence-electron chi connectivity index (χ0n) is 14.3. The lowest BCUT2D eigenvalue weighted by Gasteiger charge is -2.25. The van der Waals surface area contributed by atoms with Crippen molar-refractivity contribution in [1.29, 1.82) is 0 Å². The Morgan fingerprint density at radius 3 is 2.38 bits per heavy atom. The fourth-order valence-electron chi connectivity index (χ4n) is 2.99. The van der Waals surface area contributed by atoms with Gasteiger partial charge in [-0.1, -0.05) is 24.6 Å². The van der Waals surface area contributed by atoms with Gasteiger partial charge < -0.3 is 5.32 Å². The molecule has 0 spiro atoms. The molecule has 0 radical (unpaired) electrons. The van der Waals surface area contributed by atoms with E-state index in [1.54, 1.807) is 28.6 Å². The molecule has 2 aromatic carbocycles. The fourth-order valence-corrected chi connectivity index (χ4v) is 5.05. The van der Waals surface area contributed by atoms with E-state index in [0.717, 1.165) is 34.1 Å². The van der Waals surface area contributed by atoms with E-state index in [-0.39, 0.29) is 12.3 Å². The molecule has 1 fully saturated rings. The number of halogens is 1. The number of carbonyl (C=O) groups is 1. The highest BCUT2D eigenvalue weighted by Gasteiger charge is 2.25. The zero-order valence-corrected chi connectivity index (χ0v) is 17.3. The number of sulfonamides is 1. The Morgan fingerprint density at radius 2 is 1.73 bits per heavy atom. The van der Waals surface area contributed by atoms with Crippen molar-refractivity contribution in [2.45, 2.75) is 30.6 Å². The highest BCUT2D eigenvalue weighted by atomic mass is 127. The van der Waals surface area contributed by atoms with Gasteiger partial charge in [0.15, 0.2) is 0 Å². The molecule has 1 amide bonds. The maximum Gasteiger partial charge on any atom is 0.243 e. The van der Waals surface area contributed by atoms with Crippen LogP contribution in [-0.4, -0.2) is 31.7 Å². The molecule has 3 rings (SSSR count). The molecular weight excluding hydrogens is 463 g/mol. The number of carbonyl (C=O) groups excluding carboxylic acids is 1. The molecule has 2 aromatic rings. The van der Waals surface area contributed by atoms with Gasteiger partial charge in [0.05, 0.1) is 11.3 Å². The molecule has 7 heteroatoms. The van der Waals surface area contributed by atoms with Crippen LogP contribution in [0.15, 0.2) is 53.4 Å². The van der Waals surface area contributed by atoms with Crippen molar-refractivity contribution in [2.75, 3.05) is 18.4 Å². The Bertz CT molecular complexity index is 876. The topological polar surface area (TPSA) is 66.5 Å². The van der Waals surface area contributed by atoms with Gasteiger partial charge in [-0.15, -0.1) is 0 Å². The molecule has 0 unspecified atom stereocenters. The molecule has 0 aliphatic carbocycles. The Morgan fingerprint density at radius 1 is 1.04 bits per heavy atom. The number of hydrogen-bond donors (Lipinski definition) is 1.